The molecule has 3 nitrogen and oxygen atoms in total. The van der Waals surface area contributed by atoms with Crippen molar-refractivity contribution in [2.75, 3.05) is 31.9 Å². The quantitative estimate of drug-likeness (QED) is 0.849. The lowest BCUT2D eigenvalue weighted by molar-refractivity contribution is -0.134. The lowest BCUT2D eigenvalue weighted by atomic mass is 9.96. The van der Waals surface area contributed by atoms with Gasteiger partial charge in [0.05, 0.1) is 4.75 Å². The number of nitrogens with one attached hydrogen (secondary N) is 1. The zero-order chi connectivity index (χ0) is 13.0. The predicted molar refractivity (Wildman–Crippen MR) is 77.9 cm³/mol. The van der Waals surface area contributed by atoms with Crippen LogP contribution in [-0.4, -0.2) is 47.5 Å². The Kier molecular flexibility index (Phi) is 4.96. The van der Waals surface area contributed by atoms with Crippen LogP contribution in [0, 0.1) is 5.92 Å². The highest BCUT2D eigenvalue weighted by molar-refractivity contribution is 8.01. The van der Waals surface area contributed by atoms with Crippen LogP contribution in [0.25, 0.3) is 0 Å². The van der Waals surface area contributed by atoms with E-state index in [2.05, 4.69) is 24.1 Å². The fraction of sp³-hybridized carbons (Fsp3) is 0.929. The third-order valence-electron chi connectivity index (χ3n) is 4.28. The van der Waals surface area contributed by atoms with E-state index >= 15 is 0 Å². The zero-order valence-electron chi connectivity index (χ0n) is 11.7. The van der Waals surface area contributed by atoms with Gasteiger partial charge in [-0.2, -0.15) is 0 Å². The topological polar surface area (TPSA) is 32.3 Å². The summed E-state index contributed by atoms with van der Waals surface area (Å²) in [7, 11) is 0. The molecule has 2 saturated heterocycles. The minimum Gasteiger partial charge on any atom is -0.342 e. The third kappa shape index (κ3) is 3.21. The van der Waals surface area contributed by atoms with E-state index in [0.717, 1.165) is 38.4 Å². The van der Waals surface area contributed by atoms with Gasteiger partial charge in [-0.05, 0) is 64.3 Å². The van der Waals surface area contributed by atoms with Crippen LogP contribution in [0.4, 0.5) is 0 Å². The second-order valence-corrected chi connectivity index (χ2v) is 7.32. The first kappa shape index (κ1) is 14.2. The SMILES string of the molecule is CCN(CC1CCNCC1)C(=O)C1(C)CCCS1. The van der Waals surface area contributed by atoms with Crippen molar-refractivity contribution >= 4 is 17.7 Å². The molecule has 2 heterocycles. The molecule has 0 radical (unpaired) electrons. The van der Waals surface area contributed by atoms with Crippen LogP contribution in [0.5, 0.6) is 0 Å². The summed E-state index contributed by atoms with van der Waals surface area (Å²) in [6.45, 7) is 8.30. The molecule has 0 aromatic heterocycles. The summed E-state index contributed by atoms with van der Waals surface area (Å²) < 4.78 is -0.136. The molecule has 2 rings (SSSR count). The Morgan fingerprint density at radius 1 is 1.44 bits per heavy atom. The van der Waals surface area contributed by atoms with Crippen molar-refractivity contribution in [2.24, 2.45) is 5.92 Å². The van der Waals surface area contributed by atoms with Crippen molar-refractivity contribution < 1.29 is 4.79 Å². The summed E-state index contributed by atoms with van der Waals surface area (Å²) in [6.07, 6.45) is 4.68. The molecule has 1 amide bonds. The number of carbonyl (C=O) groups is 1. The van der Waals surface area contributed by atoms with Gasteiger partial charge >= 0.3 is 0 Å². The van der Waals surface area contributed by atoms with Crippen molar-refractivity contribution in [3.8, 4) is 0 Å². The minimum atomic E-state index is -0.136. The number of rotatable bonds is 4. The van der Waals surface area contributed by atoms with Gasteiger partial charge in [0.1, 0.15) is 0 Å². The number of hydrogen-bond acceptors (Lipinski definition) is 3. The van der Waals surface area contributed by atoms with E-state index in [9.17, 15) is 4.79 Å². The molecule has 2 aliphatic rings. The van der Waals surface area contributed by atoms with Gasteiger partial charge in [0, 0.05) is 13.1 Å². The molecule has 18 heavy (non-hydrogen) atoms. The Bertz CT molecular complexity index is 284. The highest BCUT2D eigenvalue weighted by Gasteiger charge is 2.40. The van der Waals surface area contributed by atoms with E-state index in [0.29, 0.717) is 11.8 Å². The summed E-state index contributed by atoms with van der Waals surface area (Å²) in [5.41, 5.74) is 0. The molecule has 0 aliphatic carbocycles. The molecule has 2 aliphatic heterocycles. The first-order valence-corrected chi connectivity index (χ1v) is 8.28. The highest BCUT2D eigenvalue weighted by atomic mass is 32.2. The Hall–Kier alpha value is -0.220. The number of nitrogens with zero attached hydrogens (tertiary/aromatic N) is 1. The van der Waals surface area contributed by atoms with Crippen molar-refractivity contribution in [1.82, 2.24) is 10.2 Å². The standard InChI is InChI=1S/C14H26N2OS/c1-3-16(11-12-5-8-15-9-6-12)13(17)14(2)7-4-10-18-14/h12,15H,3-11H2,1-2H3. The second-order valence-electron chi connectivity index (χ2n) is 5.72. The van der Waals surface area contributed by atoms with Crippen LogP contribution in [0.1, 0.15) is 39.5 Å². The van der Waals surface area contributed by atoms with Gasteiger partial charge in [-0.25, -0.2) is 0 Å². The number of thioether (sulfide) groups is 1. The molecule has 0 bridgehead atoms. The molecule has 1 unspecified atom stereocenters. The molecule has 0 spiro atoms. The second kappa shape index (κ2) is 6.29. The van der Waals surface area contributed by atoms with Crippen LogP contribution in [0.3, 0.4) is 0 Å². The summed E-state index contributed by atoms with van der Waals surface area (Å²) in [4.78, 5) is 14.8. The summed E-state index contributed by atoms with van der Waals surface area (Å²) in [5, 5.41) is 3.39. The monoisotopic (exact) mass is 270 g/mol. The first-order valence-electron chi connectivity index (χ1n) is 7.30. The van der Waals surface area contributed by atoms with Crippen molar-refractivity contribution in [2.45, 2.75) is 44.3 Å². The molecule has 104 valence electrons. The van der Waals surface area contributed by atoms with Gasteiger partial charge in [0.25, 0.3) is 0 Å². The molecule has 0 aromatic rings. The van der Waals surface area contributed by atoms with Crippen LogP contribution < -0.4 is 5.32 Å². The highest BCUT2D eigenvalue weighted by Crippen LogP contribution is 2.39. The van der Waals surface area contributed by atoms with E-state index in [1.807, 2.05) is 11.8 Å². The maximum Gasteiger partial charge on any atom is 0.238 e. The lowest BCUT2D eigenvalue weighted by Crippen LogP contribution is -2.46. The van der Waals surface area contributed by atoms with E-state index in [-0.39, 0.29) is 4.75 Å². The number of amides is 1. The molecule has 0 aromatic carbocycles. The maximum atomic E-state index is 12.7. The number of hydrogen-bond donors (Lipinski definition) is 1. The normalized spacial score (nSPS) is 29.4. The largest absolute Gasteiger partial charge is 0.342 e. The van der Waals surface area contributed by atoms with E-state index in [1.165, 1.54) is 19.3 Å². The average molecular weight is 270 g/mol. The van der Waals surface area contributed by atoms with E-state index < -0.39 is 0 Å². The number of piperidine rings is 1. The fourth-order valence-corrected chi connectivity index (χ4v) is 4.29. The summed E-state index contributed by atoms with van der Waals surface area (Å²) >= 11 is 1.85. The van der Waals surface area contributed by atoms with Gasteiger partial charge in [-0.3, -0.25) is 4.79 Å². The third-order valence-corrected chi connectivity index (χ3v) is 5.79. The van der Waals surface area contributed by atoms with Crippen LogP contribution in [0.15, 0.2) is 0 Å². The van der Waals surface area contributed by atoms with Gasteiger partial charge in [-0.1, -0.05) is 0 Å². The Balaban J connectivity index is 1.92. The predicted octanol–water partition coefficient (Wildman–Crippen LogP) is 2.12. The van der Waals surface area contributed by atoms with E-state index in [1.54, 1.807) is 0 Å². The lowest BCUT2D eigenvalue weighted by Gasteiger charge is -2.34. The van der Waals surface area contributed by atoms with Crippen LogP contribution in [0.2, 0.25) is 0 Å². The minimum absolute atomic E-state index is 0.136. The molecular formula is C14H26N2OS. The first-order chi connectivity index (χ1) is 8.65. The van der Waals surface area contributed by atoms with Crippen LogP contribution in [-0.2, 0) is 4.79 Å². The number of carbonyl (C=O) groups excluding carboxylic acids is 1. The molecular weight excluding hydrogens is 244 g/mol. The summed E-state index contributed by atoms with van der Waals surface area (Å²) in [5.74, 6) is 2.23. The maximum absolute atomic E-state index is 12.7. The molecule has 0 saturated carbocycles. The average Bonchev–Trinajstić information content (AvgIpc) is 2.84. The van der Waals surface area contributed by atoms with Crippen molar-refractivity contribution in [3.63, 3.8) is 0 Å². The van der Waals surface area contributed by atoms with E-state index in [4.69, 9.17) is 0 Å². The van der Waals surface area contributed by atoms with Gasteiger partial charge in [0.15, 0.2) is 0 Å². The Morgan fingerprint density at radius 2 is 2.17 bits per heavy atom. The van der Waals surface area contributed by atoms with Crippen molar-refractivity contribution in [1.29, 1.82) is 0 Å². The van der Waals surface area contributed by atoms with Gasteiger partial charge in [0.2, 0.25) is 5.91 Å². The Labute approximate surface area is 115 Å². The fourth-order valence-electron chi connectivity index (χ4n) is 3.01. The summed E-state index contributed by atoms with van der Waals surface area (Å²) in [6, 6.07) is 0. The molecule has 2 fully saturated rings. The van der Waals surface area contributed by atoms with Crippen molar-refractivity contribution in [3.05, 3.63) is 0 Å². The van der Waals surface area contributed by atoms with Crippen LogP contribution >= 0.6 is 11.8 Å². The van der Waals surface area contributed by atoms with Gasteiger partial charge < -0.3 is 10.2 Å². The molecule has 1 atom stereocenters. The molecule has 4 heteroatoms. The zero-order valence-corrected chi connectivity index (χ0v) is 12.5. The Morgan fingerprint density at radius 3 is 2.72 bits per heavy atom. The molecule has 1 N–H and O–H groups in total. The van der Waals surface area contributed by atoms with Gasteiger partial charge in [-0.15, -0.1) is 11.8 Å². The smallest absolute Gasteiger partial charge is 0.238 e.